The maximum absolute atomic E-state index is 8.55. The molecule has 4 nitrogen and oxygen atoms in total. The van der Waals surface area contributed by atoms with Crippen LogP contribution in [0.2, 0.25) is 0 Å². The van der Waals surface area contributed by atoms with E-state index in [1.54, 1.807) is 0 Å². The quantitative estimate of drug-likeness (QED) is 0.313. The Balaban J connectivity index is -0.0000000133. The topological polar surface area (TPSA) is 86.2 Å². The van der Waals surface area contributed by atoms with Crippen LogP contribution in [0, 0.1) is 0 Å². The molecule has 9 heavy (non-hydrogen) atoms. The average Bonchev–Trinajstić information content (AvgIpc) is 0.722. The first-order chi connectivity index (χ1) is 2.00. The fraction of sp³-hybridized carbons (Fsp3) is 0. The second-order valence-corrected chi connectivity index (χ2v) is 1.34. The maximum Gasteiger partial charge on any atom is 1.00 e. The zero-order valence-corrected chi connectivity index (χ0v) is 13.5. The van der Waals surface area contributed by atoms with Gasteiger partial charge in [0.2, 0.25) is 0 Å². The number of hydrogen-bond donors (Lipinski definition) is 0. The van der Waals surface area contributed by atoms with Gasteiger partial charge in [-0.15, -0.1) is 0 Å². The first-order valence-electron chi connectivity index (χ1n) is 0.730. The second-order valence-electron chi connectivity index (χ2n) is 0.447. The van der Waals surface area contributed by atoms with Crippen LogP contribution in [0.3, 0.4) is 0 Å². The minimum Gasteiger partial charge on any atom is -0.822 e. The van der Waals surface area contributed by atoms with Gasteiger partial charge in [0.05, 0.1) is 0 Å². The summed E-state index contributed by atoms with van der Waals surface area (Å²) in [6, 6.07) is 0. The van der Waals surface area contributed by atoms with Crippen LogP contribution < -0.4 is 117 Å². The first kappa shape index (κ1) is 29.3. The molecule has 9 heteroatoms. The van der Waals surface area contributed by atoms with Crippen LogP contribution >= 0.6 is 7.82 Å². The predicted molar refractivity (Wildman–Crippen MR) is 10.1 cm³/mol. The summed E-state index contributed by atoms with van der Waals surface area (Å²) in [4.78, 5) is 25.6. The first-order valence-corrected chi connectivity index (χ1v) is 2.19. The predicted octanol–water partition coefficient (Wildman–Crippen LogP) is -8.67. The van der Waals surface area contributed by atoms with E-state index in [0.29, 0.717) is 0 Å². The molecule has 0 N–H and O–H groups in total. The monoisotopic (exact) mass is 244 g/mol. The fourth-order valence-corrected chi connectivity index (χ4v) is 0. The molecular weight excluding hydrogens is 243 g/mol. The summed E-state index contributed by atoms with van der Waals surface area (Å²) in [5.41, 5.74) is 0. The molecule has 0 bridgehead atoms. The van der Waals surface area contributed by atoms with E-state index < -0.39 is 7.82 Å². The van der Waals surface area contributed by atoms with Gasteiger partial charge in [-0.2, -0.15) is 7.82 Å². The van der Waals surface area contributed by atoms with Gasteiger partial charge in [0.25, 0.3) is 0 Å². The smallest absolute Gasteiger partial charge is 0.822 e. The molecule has 0 rings (SSSR count). The molecule has 0 saturated carbocycles. The molecule has 45 valence electrons. The summed E-state index contributed by atoms with van der Waals surface area (Å²) in [5, 5.41) is 0. The summed E-state index contributed by atoms with van der Waals surface area (Å²) in [5.74, 6) is 0. The molecule has 0 aromatic rings. The van der Waals surface area contributed by atoms with Gasteiger partial charge in [-0.3, -0.25) is 4.70 Å². The van der Waals surface area contributed by atoms with Crippen LogP contribution in [0.4, 0.5) is 4.70 Å². The minimum absolute atomic E-state index is 0. The van der Waals surface area contributed by atoms with Crippen molar-refractivity contribution in [2.75, 3.05) is 0 Å². The average molecular weight is 244 g/mol. The number of halogens is 1. The van der Waals surface area contributed by atoms with E-state index in [2.05, 4.69) is 0 Å². The Bertz CT molecular complexity index is 64.7. The molecule has 0 unspecified atom stereocenters. The summed E-state index contributed by atoms with van der Waals surface area (Å²) in [6.45, 7) is 0. The van der Waals surface area contributed by atoms with Crippen LogP contribution in [0.15, 0.2) is 0 Å². The molecule has 0 saturated heterocycles. The largest absolute Gasteiger partial charge is 1.00 e. The van der Waals surface area contributed by atoms with E-state index >= 15 is 0 Å². The van der Waals surface area contributed by atoms with Crippen LogP contribution in [0.1, 0.15) is 0 Å². The Morgan fingerprint density at radius 1 is 1.00 bits per heavy atom. The second kappa shape index (κ2) is 14.4. The van der Waals surface area contributed by atoms with Crippen molar-refractivity contribution in [3.63, 3.8) is 0 Å². The van der Waals surface area contributed by atoms with Crippen molar-refractivity contribution in [2.45, 2.75) is 0 Å². The zero-order chi connectivity index (χ0) is 4.50. The van der Waals surface area contributed by atoms with E-state index in [1.807, 2.05) is 0 Å². The third kappa shape index (κ3) is 76.7. The summed E-state index contributed by atoms with van der Waals surface area (Å²) >= 11 is 0. The fourth-order valence-electron chi connectivity index (χ4n) is 0. The van der Waals surface area contributed by atoms with Crippen molar-refractivity contribution in [3.8, 4) is 0 Å². The van der Waals surface area contributed by atoms with E-state index in [4.69, 9.17) is 19.2 Å². The molecular formula is HFK2O4PV-. The molecule has 0 fully saturated rings. The molecule has 0 aliphatic rings. The third-order valence-electron chi connectivity index (χ3n) is 0. The Morgan fingerprint density at radius 2 is 1.00 bits per heavy atom. The van der Waals surface area contributed by atoms with E-state index in [1.165, 1.54) is 0 Å². The van der Waals surface area contributed by atoms with Crippen molar-refractivity contribution in [2.24, 2.45) is 0 Å². The van der Waals surface area contributed by atoms with Crippen LogP contribution in [0.25, 0.3) is 0 Å². The summed E-state index contributed by atoms with van der Waals surface area (Å²) in [6.07, 6.45) is 0. The maximum atomic E-state index is 8.55. The molecule has 0 spiro atoms. The molecule has 0 aliphatic heterocycles. The van der Waals surface area contributed by atoms with Gasteiger partial charge in [-0.05, 0) is 0 Å². The number of rotatable bonds is 0. The Morgan fingerprint density at radius 3 is 1.00 bits per heavy atom. The third-order valence-corrected chi connectivity index (χ3v) is 0. The van der Waals surface area contributed by atoms with Crippen molar-refractivity contribution in [1.82, 2.24) is 0 Å². The summed E-state index contributed by atoms with van der Waals surface area (Å²) < 4.78 is 8.55. The van der Waals surface area contributed by atoms with Gasteiger partial charge < -0.3 is 19.2 Å². The van der Waals surface area contributed by atoms with Gasteiger partial charge in [0, 0.05) is 18.6 Å². The van der Waals surface area contributed by atoms with Crippen molar-refractivity contribution in [3.05, 3.63) is 0 Å². The van der Waals surface area contributed by atoms with Gasteiger partial charge in [-0.25, -0.2) is 0 Å². The van der Waals surface area contributed by atoms with Gasteiger partial charge in [0.15, 0.2) is 0 Å². The van der Waals surface area contributed by atoms with Crippen LogP contribution in [0.5, 0.6) is 0 Å². The molecule has 0 amide bonds. The van der Waals surface area contributed by atoms with Gasteiger partial charge in [-0.1, -0.05) is 0 Å². The standard InChI is InChI=1S/FH.2K.H3O4P.V/c;;;1-5(2,3)4;/h1H;;;(H3,1,2,3,4);/q;2*+1;;/p-3. The summed E-state index contributed by atoms with van der Waals surface area (Å²) in [7, 11) is -5.39. The van der Waals surface area contributed by atoms with Crippen molar-refractivity contribution in [1.29, 1.82) is 0 Å². The molecule has 0 aromatic carbocycles. The Labute approximate surface area is 149 Å². The van der Waals surface area contributed by atoms with Gasteiger partial charge in [0.1, 0.15) is 0 Å². The van der Waals surface area contributed by atoms with Crippen molar-refractivity contribution >= 4 is 7.82 Å². The molecule has 1 radical (unpaired) electrons. The van der Waals surface area contributed by atoms with Gasteiger partial charge >= 0.3 is 103 Å². The van der Waals surface area contributed by atoms with E-state index in [9.17, 15) is 0 Å². The van der Waals surface area contributed by atoms with E-state index in [-0.39, 0.29) is 126 Å². The Kier molecular flexibility index (Phi) is 46.9. The van der Waals surface area contributed by atoms with Crippen LogP contribution in [-0.2, 0) is 23.1 Å². The molecule has 0 aromatic heterocycles. The van der Waals surface area contributed by atoms with Crippen LogP contribution in [-0.4, -0.2) is 0 Å². The zero-order valence-electron chi connectivity index (χ0n) is 4.94. The minimum atomic E-state index is -5.39. The van der Waals surface area contributed by atoms with Crippen molar-refractivity contribution < 1.29 is 145 Å². The SMILES string of the molecule is F.O=P([O-])([O-])[O-].[K+].[K+].[V]. The molecule has 0 aliphatic carbocycles. The normalized spacial score (nSPS) is 6.56. The number of phosphoric acid groups is 1. The molecule has 0 atom stereocenters. The van der Waals surface area contributed by atoms with E-state index in [0.717, 1.165) is 0 Å². The Hall–Kier alpha value is 3.90. The molecule has 0 heterocycles. The number of hydrogen-bond acceptors (Lipinski definition) is 4.